The highest BCUT2D eigenvalue weighted by atomic mass is 32.2. The van der Waals surface area contributed by atoms with Crippen molar-refractivity contribution in [2.45, 2.75) is 36.0 Å². The third kappa shape index (κ3) is 3.79. The van der Waals surface area contributed by atoms with E-state index in [1.54, 1.807) is 47.8 Å². The molecule has 8 nitrogen and oxygen atoms in total. The van der Waals surface area contributed by atoms with Crippen LogP contribution < -0.4 is 9.64 Å². The summed E-state index contributed by atoms with van der Waals surface area (Å²) in [7, 11) is -1.97. The first-order chi connectivity index (χ1) is 16.8. The first-order valence-corrected chi connectivity index (χ1v) is 13.3. The zero-order valence-electron chi connectivity index (χ0n) is 19.5. The Labute approximate surface area is 203 Å². The van der Waals surface area contributed by atoms with E-state index in [1.165, 1.54) is 12.1 Å². The molecule has 0 atom stereocenters. The van der Waals surface area contributed by atoms with Crippen LogP contribution >= 0.6 is 0 Å². The highest BCUT2D eigenvalue weighted by Gasteiger charge is 2.52. The van der Waals surface area contributed by atoms with Gasteiger partial charge in [0.05, 0.1) is 17.4 Å². The van der Waals surface area contributed by atoms with Gasteiger partial charge in [-0.1, -0.05) is 17.3 Å². The highest BCUT2D eigenvalue weighted by Crippen LogP contribution is 2.53. The van der Waals surface area contributed by atoms with E-state index in [0.717, 1.165) is 44.3 Å². The molecule has 2 aliphatic heterocycles. The topological polar surface area (TPSA) is 88.8 Å². The van der Waals surface area contributed by atoms with Gasteiger partial charge in [0.2, 0.25) is 10.0 Å². The standard InChI is InChI=1S/C25H27FN4O4S/c1-33-20-6-8-21(9-7-20)35(31,32)30-14-12-24(13-15-30)16-29(17-24)23-27-22(28-34-23)25(10-11-25)18-2-4-19(26)5-3-18/h2-9H,10-17H2,1H3. The Morgan fingerprint density at radius 2 is 1.63 bits per heavy atom. The van der Waals surface area contributed by atoms with E-state index in [2.05, 4.69) is 15.0 Å². The van der Waals surface area contributed by atoms with Crippen molar-refractivity contribution in [1.82, 2.24) is 14.4 Å². The number of anilines is 1. The summed E-state index contributed by atoms with van der Waals surface area (Å²) < 4.78 is 51.7. The van der Waals surface area contributed by atoms with Crippen LogP contribution in [0.15, 0.2) is 57.9 Å². The maximum atomic E-state index is 13.3. The Hall–Kier alpha value is -2.98. The number of rotatable bonds is 6. The lowest BCUT2D eigenvalue weighted by Gasteiger charge is -2.52. The number of sulfonamides is 1. The molecule has 0 amide bonds. The number of piperidine rings is 1. The zero-order valence-corrected chi connectivity index (χ0v) is 20.3. The number of hydrogen-bond acceptors (Lipinski definition) is 7. The van der Waals surface area contributed by atoms with Crippen molar-refractivity contribution in [3.63, 3.8) is 0 Å². The molecular formula is C25H27FN4O4S. The van der Waals surface area contributed by atoms with Crippen LogP contribution in [-0.2, 0) is 15.4 Å². The lowest BCUT2D eigenvalue weighted by atomic mass is 9.72. The van der Waals surface area contributed by atoms with Gasteiger partial charge in [-0.05, 0) is 67.6 Å². The zero-order chi connectivity index (χ0) is 24.3. The van der Waals surface area contributed by atoms with E-state index in [4.69, 9.17) is 9.26 Å². The van der Waals surface area contributed by atoms with Gasteiger partial charge in [-0.25, -0.2) is 12.8 Å². The Kier molecular flexibility index (Phi) is 5.16. The molecule has 0 bridgehead atoms. The van der Waals surface area contributed by atoms with Crippen LogP contribution in [0.3, 0.4) is 0 Å². The van der Waals surface area contributed by atoms with Crippen molar-refractivity contribution < 1.29 is 22.1 Å². The van der Waals surface area contributed by atoms with Gasteiger partial charge < -0.3 is 14.2 Å². The van der Waals surface area contributed by atoms with Crippen LogP contribution in [0.5, 0.6) is 5.75 Å². The van der Waals surface area contributed by atoms with Crippen LogP contribution in [-0.4, -0.2) is 56.2 Å². The predicted molar refractivity (Wildman–Crippen MR) is 126 cm³/mol. The molecule has 0 N–H and O–H groups in total. The van der Waals surface area contributed by atoms with Gasteiger partial charge in [-0.2, -0.15) is 9.29 Å². The van der Waals surface area contributed by atoms with Gasteiger partial charge >= 0.3 is 6.01 Å². The lowest BCUT2D eigenvalue weighted by molar-refractivity contribution is 0.108. The summed E-state index contributed by atoms with van der Waals surface area (Å²) in [6.45, 7) is 2.53. The van der Waals surface area contributed by atoms with Crippen molar-refractivity contribution in [1.29, 1.82) is 0 Å². The Bertz CT molecular complexity index is 1320. The van der Waals surface area contributed by atoms with Crippen LogP contribution in [0.1, 0.15) is 37.1 Å². The molecule has 1 spiro atoms. The summed E-state index contributed by atoms with van der Waals surface area (Å²) >= 11 is 0. The monoisotopic (exact) mass is 498 g/mol. The van der Waals surface area contributed by atoms with E-state index in [1.807, 2.05) is 0 Å². The Balaban J connectivity index is 1.09. The number of ether oxygens (including phenoxy) is 1. The van der Waals surface area contributed by atoms with Gasteiger partial charge in [0, 0.05) is 31.6 Å². The van der Waals surface area contributed by atoms with Gasteiger partial charge in [0.25, 0.3) is 0 Å². The maximum absolute atomic E-state index is 13.3. The fourth-order valence-electron chi connectivity index (χ4n) is 5.39. The molecule has 1 aliphatic carbocycles. The summed E-state index contributed by atoms with van der Waals surface area (Å²) in [6, 6.07) is 13.6. The summed E-state index contributed by atoms with van der Waals surface area (Å²) in [5.41, 5.74) is 0.797. The SMILES string of the molecule is COc1ccc(S(=O)(=O)N2CCC3(CC2)CN(c2nc(C4(c5ccc(F)cc5)CC4)no2)C3)cc1. The second-order valence-corrected chi connectivity index (χ2v) is 11.9. The van der Waals surface area contributed by atoms with E-state index >= 15 is 0 Å². The summed E-state index contributed by atoms with van der Waals surface area (Å²) in [6.07, 6.45) is 3.42. The highest BCUT2D eigenvalue weighted by molar-refractivity contribution is 7.89. The average Bonchev–Trinajstić information content (AvgIpc) is 3.52. The molecule has 3 fully saturated rings. The fourth-order valence-corrected chi connectivity index (χ4v) is 6.83. The number of methoxy groups -OCH3 is 1. The van der Waals surface area contributed by atoms with E-state index < -0.39 is 10.0 Å². The van der Waals surface area contributed by atoms with E-state index in [9.17, 15) is 12.8 Å². The Morgan fingerprint density at radius 1 is 0.971 bits per heavy atom. The van der Waals surface area contributed by atoms with Gasteiger partial charge in [0.1, 0.15) is 11.6 Å². The molecule has 1 aromatic heterocycles. The van der Waals surface area contributed by atoms with Crippen molar-refractivity contribution in [3.8, 4) is 5.75 Å². The van der Waals surface area contributed by atoms with Crippen molar-refractivity contribution in [2.24, 2.45) is 5.41 Å². The minimum Gasteiger partial charge on any atom is -0.497 e. The molecule has 2 aromatic carbocycles. The van der Waals surface area contributed by atoms with Gasteiger partial charge in [-0.3, -0.25) is 0 Å². The van der Waals surface area contributed by atoms with Crippen molar-refractivity contribution in [2.75, 3.05) is 38.2 Å². The third-order valence-corrected chi connectivity index (χ3v) is 9.71. The maximum Gasteiger partial charge on any atom is 0.324 e. The second-order valence-electron chi connectivity index (χ2n) is 9.93. The first-order valence-electron chi connectivity index (χ1n) is 11.8. The fraction of sp³-hybridized carbons (Fsp3) is 0.440. The second kappa shape index (κ2) is 8.03. The molecule has 3 heterocycles. The molecule has 0 radical (unpaired) electrons. The molecule has 0 unspecified atom stereocenters. The minimum atomic E-state index is -3.52. The van der Waals surface area contributed by atoms with E-state index in [0.29, 0.717) is 30.7 Å². The van der Waals surface area contributed by atoms with Crippen molar-refractivity contribution in [3.05, 3.63) is 65.7 Å². The number of benzene rings is 2. The molecule has 3 aromatic rings. The first kappa shape index (κ1) is 22.5. The average molecular weight is 499 g/mol. The van der Waals surface area contributed by atoms with E-state index in [-0.39, 0.29) is 21.5 Å². The minimum absolute atomic E-state index is 0.0643. The largest absolute Gasteiger partial charge is 0.497 e. The van der Waals surface area contributed by atoms with Crippen LogP contribution in [0.25, 0.3) is 0 Å². The van der Waals surface area contributed by atoms with Crippen molar-refractivity contribution >= 4 is 16.0 Å². The van der Waals surface area contributed by atoms with Gasteiger partial charge in [-0.15, -0.1) is 0 Å². The summed E-state index contributed by atoms with van der Waals surface area (Å²) in [5.74, 6) is 1.03. The molecule has 10 heteroatoms. The molecule has 35 heavy (non-hydrogen) atoms. The smallest absolute Gasteiger partial charge is 0.324 e. The lowest BCUT2D eigenvalue weighted by Crippen LogP contribution is -2.61. The summed E-state index contributed by atoms with van der Waals surface area (Å²) in [4.78, 5) is 7.05. The van der Waals surface area contributed by atoms with Crippen LogP contribution in [0.4, 0.5) is 10.4 Å². The third-order valence-electron chi connectivity index (χ3n) is 7.79. The molecule has 6 rings (SSSR count). The Morgan fingerprint density at radius 3 is 2.23 bits per heavy atom. The molecule has 184 valence electrons. The quantitative estimate of drug-likeness (QED) is 0.513. The number of aromatic nitrogens is 2. The summed E-state index contributed by atoms with van der Waals surface area (Å²) in [5, 5.41) is 4.26. The normalized spacial score (nSPS) is 21.0. The molecule has 1 saturated carbocycles. The number of halogens is 1. The molecular weight excluding hydrogens is 471 g/mol. The molecule has 2 saturated heterocycles. The van der Waals surface area contributed by atoms with Crippen LogP contribution in [0, 0.1) is 11.2 Å². The molecule has 3 aliphatic rings. The van der Waals surface area contributed by atoms with Gasteiger partial charge in [0.15, 0.2) is 5.82 Å². The van der Waals surface area contributed by atoms with Crippen LogP contribution in [0.2, 0.25) is 0 Å². The predicted octanol–water partition coefficient (Wildman–Crippen LogP) is 3.59. The number of hydrogen-bond donors (Lipinski definition) is 0. The number of nitrogens with zero attached hydrogens (tertiary/aromatic N) is 4.